The molecule has 0 saturated carbocycles. The van der Waals surface area contributed by atoms with Gasteiger partial charge in [-0.1, -0.05) is 0 Å². The molecule has 5 nitrogen and oxygen atoms in total. The molecule has 0 amide bonds. The number of carboxylic acids is 1. The van der Waals surface area contributed by atoms with Gasteiger partial charge in [-0.25, -0.2) is 4.79 Å². The fraction of sp³-hybridized carbons (Fsp3) is 0.875. The Morgan fingerprint density at radius 1 is 1.46 bits per heavy atom. The van der Waals surface area contributed by atoms with Gasteiger partial charge in [0, 0.05) is 5.92 Å². The Morgan fingerprint density at radius 3 is 2.62 bits per heavy atom. The zero-order chi connectivity index (χ0) is 9.31. The Bertz CT molecular complexity index is 205. The first kappa shape index (κ1) is 8.93. The predicted molar refractivity (Wildman–Crippen MR) is 41.4 cm³/mol. The summed E-state index contributed by atoms with van der Waals surface area (Å²) < 4.78 is 15.8. The van der Waals surface area contributed by atoms with Crippen LogP contribution in [0.25, 0.3) is 0 Å². The van der Waals surface area contributed by atoms with Crippen molar-refractivity contribution >= 4 is 5.97 Å². The molecule has 2 fully saturated rings. The van der Waals surface area contributed by atoms with Crippen molar-refractivity contribution in [1.82, 2.24) is 0 Å². The molecule has 0 aliphatic carbocycles. The standard InChI is InChI=1S/C8H12O5/c9-7(10)3-13-8-4-11-1-6(8)2-12-5-8/h6H,1-5H2,(H,9,10). The van der Waals surface area contributed by atoms with Crippen LogP contribution in [-0.4, -0.2) is 49.7 Å². The van der Waals surface area contributed by atoms with Gasteiger partial charge < -0.3 is 19.3 Å². The first-order valence-electron chi connectivity index (χ1n) is 4.24. The van der Waals surface area contributed by atoms with Crippen molar-refractivity contribution in [1.29, 1.82) is 0 Å². The lowest BCUT2D eigenvalue weighted by Crippen LogP contribution is -2.41. The average molecular weight is 188 g/mol. The van der Waals surface area contributed by atoms with Crippen molar-refractivity contribution < 1.29 is 24.1 Å². The highest BCUT2D eigenvalue weighted by Crippen LogP contribution is 2.34. The van der Waals surface area contributed by atoms with E-state index in [0.29, 0.717) is 26.4 Å². The summed E-state index contributed by atoms with van der Waals surface area (Å²) in [6, 6.07) is 0. The van der Waals surface area contributed by atoms with Gasteiger partial charge in [0.2, 0.25) is 0 Å². The van der Waals surface area contributed by atoms with Gasteiger partial charge in [-0.05, 0) is 0 Å². The van der Waals surface area contributed by atoms with Crippen molar-refractivity contribution in [3.05, 3.63) is 0 Å². The fourth-order valence-electron chi connectivity index (χ4n) is 1.78. The monoisotopic (exact) mass is 188 g/mol. The van der Waals surface area contributed by atoms with Gasteiger partial charge in [0.15, 0.2) is 0 Å². The normalized spacial score (nSPS) is 37.7. The third-order valence-corrected chi connectivity index (χ3v) is 2.56. The van der Waals surface area contributed by atoms with E-state index < -0.39 is 11.6 Å². The number of aliphatic carboxylic acids is 1. The lowest BCUT2D eigenvalue weighted by atomic mass is 9.95. The zero-order valence-electron chi connectivity index (χ0n) is 7.19. The van der Waals surface area contributed by atoms with Gasteiger partial charge in [-0.2, -0.15) is 0 Å². The highest BCUT2D eigenvalue weighted by Gasteiger charge is 2.50. The van der Waals surface area contributed by atoms with Gasteiger partial charge in [-0.15, -0.1) is 0 Å². The zero-order valence-corrected chi connectivity index (χ0v) is 7.19. The molecule has 1 N–H and O–H groups in total. The largest absolute Gasteiger partial charge is 0.480 e. The molecule has 2 aliphatic heterocycles. The summed E-state index contributed by atoms with van der Waals surface area (Å²) in [6.07, 6.45) is 0. The molecule has 74 valence electrons. The number of carbonyl (C=O) groups is 1. The first-order chi connectivity index (χ1) is 6.23. The summed E-state index contributed by atoms with van der Waals surface area (Å²) in [5.41, 5.74) is -0.488. The van der Waals surface area contributed by atoms with Crippen molar-refractivity contribution in [2.45, 2.75) is 5.60 Å². The minimum absolute atomic E-state index is 0.201. The number of hydrogen-bond acceptors (Lipinski definition) is 4. The Kier molecular flexibility index (Phi) is 2.23. The molecule has 2 aliphatic rings. The van der Waals surface area contributed by atoms with Gasteiger partial charge >= 0.3 is 5.97 Å². The van der Waals surface area contributed by atoms with Crippen molar-refractivity contribution in [2.75, 3.05) is 33.0 Å². The van der Waals surface area contributed by atoms with E-state index in [-0.39, 0.29) is 12.5 Å². The third-order valence-electron chi connectivity index (χ3n) is 2.56. The summed E-state index contributed by atoms with van der Waals surface area (Å²) in [6.45, 7) is 1.85. The van der Waals surface area contributed by atoms with Crippen LogP contribution >= 0.6 is 0 Å². The van der Waals surface area contributed by atoms with Crippen LogP contribution in [-0.2, 0) is 19.0 Å². The summed E-state index contributed by atoms with van der Waals surface area (Å²) >= 11 is 0. The second-order valence-corrected chi connectivity index (χ2v) is 3.47. The molecule has 0 aromatic carbocycles. The van der Waals surface area contributed by atoms with Crippen LogP contribution in [0.15, 0.2) is 0 Å². The number of carboxylic acid groups (broad SMARTS) is 1. The second-order valence-electron chi connectivity index (χ2n) is 3.47. The molecule has 13 heavy (non-hydrogen) atoms. The number of rotatable bonds is 3. The van der Waals surface area contributed by atoms with E-state index in [1.807, 2.05) is 0 Å². The smallest absolute Gasteiger partial charge is 0.329 e. The molecule has 0 atom stereocenters. The van der Waals surface area contributed by atoms with E-state index in [9.17, 15) is 4.79 Å². The van der Waals surface area contributed by atoms with Crippen LogP contribution in [0.2, 0.25) is 0 Å². The molecule has 2 saturated heterocycles. The molecule has 2 rings (SSSR count). The van der Waals surface area contributed by atoms with Crippen LogP contribution in [0.5, 0.6) is 0 Å². The van der Waals surface area contributed by atoms with E-state index in [0.717, 1.165) is 0 Å². The molecular formula is C8H12O5. The molecule has 0 unspecified atom stereocenters. The van der Waals surface area contributed by atoms with E-state index in [4.69, 9.17) is 19.3 Å². The van der Waals surface area contributed by atoms with Crippen LogP contribution < -0.4 is 0 Å². The van der Waals surface area contributed by atoms with Gasteiger partial charge in [0.25, 0.3) is 0 Å². The maximum atomic E-state index is 10.3. The maximum absolute atomic E-state index is 10.3. The number of hydrogen-bond donors (Lipinski definition) is 1. The van der Waals surface area contributed by atoms with Gasteiger partial charge in [0.1, 0.15) is 12.2 Å². The molecule has 2 heterocycles. The lowest BCUT2D eigenvalue weighted by molar-refractivity contribution is -0.151. The SMILES string of the molecule is O=C(O)COC12COCC1COC2. The highest BCUT2D eigenvalue weighted by molar-refractivity contribution is 5.68. The molecule has 0 spiro atoms. The van der Waals surface area contributed by atoms with Crippen LogP contribution in [0, 0.1) is 5.92 Å². The minimum Gasteiger partial charge on any atom is -0.480 e. The number of fused-ring (bicyclic) bond motifs is 1. The van der Waals surface area contributed by atoms with E-state index in [1.54, 1.807) is 0 Å². The third kappa shape index (κ3) is 1.54. The molecule has 5 heteroatoms. The quantitative estimate of drug-likeness (QED) is 0.647. The summed E-state index contributed by atoms with van der Waals surface area (Å²) in [5, 5.41) is 8.48. The minimum atomic E-state index is -0.952. The Labute approximate surface area is 75.6 Å². The predicted octanol–water partition coefficient (Wildman–Crippen LogP) is -0.497. The molecule has 0 aromatic rings. The van der Waals surface area contributed by atoms with E-state index in [2.05, 4.69) is 0 Å². The maximum Gasteiger partial charge on any atom is 0.329 e. The Hall–Kier alpha value is -0.650. The van der Waals surface area contributed by atoms with Crippen molar-refractivity contribution in [2.24, 2.45) is 5.92 Å². The topological polar surface area (TPSA) is 65.0 Å². The van der Waals surface area contributed by atoms with Crippen molar-refractivity contribution in [3.63, 3.8) is 0 Å². The summed E-state index contributed by atoms with van der Waals surface area (Å²) in [7, 11) is 0. The van der Waals surface area contributed by atoms with Crippen LogP contribution in [0.1, 0.15) is 0 Å². The summed E-state index contributed by atoms with van der Waals surface area (Å²) in [4.78, 5) is 10.3. The Balaban J connectivity index is 1.97. The van der Waals surface area contributed by atoms with Gasteiger partial charge in [0.05, 0.1) is 26.4 Å². The highest BCUT2D eigenvalue weighted by atomic mass is 16.6. The lowest BCUT2D eigenvalue weighted by Gasteiger charge is -2.24. The molecule has 0 radical (unpaired) electrons. The van der Waals surface area contributed by atoms with Crippen LogP contribution in [0.3, 0.4) is 0 Å². The van der Waals surface area contributed by atoms with Crippen molar-refractivity contribution in [3.8, 4) is 0 Å². The summed E-state index contributed by atoms with van der Waals surface area (Å²) in [5.74, 6) is -0.751. The number of ether oxygens (including phenoxy) is 3. The molecular weight excluding hydrogens is 176 g/mol. The van der Waals surface area contributed by atoms with Crippen LogP contribution in [0.4, 0.5) is 0 Å². The van der Waals surface area contributed by atoms with E-state index in [1.165, 1.54) is 0 Å². The molecule has 0 bridgehead atoms. The average Bonchev–Trinajstić information content (AvgIpc) is 2.57. The molecule has 0 aromatic heterocycles. The second kappa shape index (κ2) is 3.25. The van der Waals surface area contributed by atoms with E-state index >= 15 is 0 Å². The Morgan fingerprint density at radius 2 is 2.08 bits per heavy atom. The first-order valence-corrected chi connectivity index (χ1v) is 4.24. The van der Waals surface area contributed by atoms with Gasteiger partial charge in [-0.3, -0.25) is 0 Å². The fourth-order valence-corrected chi connectivity index (χ4v) is 1.78.